The summed E-state index contributed by atoms with van der Waals surface area (Å²) < 4.78 is 5.45. The minimum Gasteiger partial charge on any atom is -0.475 e. The highest BCUT2D eigenvalue weighted by atomic mass is 16.5. The summed E-state index contributed by atoms with van der Waals surface area (Å²) in [5.74, 6) is -0.378. The Morgan fingerprint density at radius 3 is 2.71 bits per heavy atom. The van der Waals surface area contributed by atoms with Crippen LogP contribution in [0.1, 0.15) is 19.4 Å². The highest BCUT2D eigenvalue weighted by Gasteiger charge is 2.14. The maximum atomic E-state index is 11.3. The molecule has 4 N–H and O–H groups in total. The molecule has 0 aromatic carbocycles. The third-order valence-corrected chi connectivity index (χ3v) is 3.89. The van der Waals surface area contributed by atoms with Crippen LogP contribution in [0.4, 0.5) is 0 Å². The normalized spacial score (nSPS) is 12.0. The first-order chi connectivity index (χ1) is 13.3. The van der Waals surface area contributed by atoms with Gasteiger partial charge >= 0.3 is 0 Å². The Bertz CT molecular complexity index is 1090. The fourth-order valence-corrected chi connectivity index (χ4v) is 2.50. The molecule has 3 heterocycles. The number of pyridine rings is 2. The maximum Gasteiger partial charge on any atom is 0.259 e. The van der Waals surface area contributed by atoms with Gasteiger partial charge in [0.1, 0.15) is 23.9 Å². The zero-order valence-corrected chi connectivity index (χ0v) is 15.4. The Balaban J connectivity index is 1.91. The van der Waals surface area contributed by atoms with Crippen LogP contribution in [-0.2, 0) is 4.79 Å². The van der Waals surface area contributed by atoms with Crippen molar-refractivity contribution in [1.29, 1.82) is 5.26 Å². The second-order valence-electron chi connectivity index (χ2n) is 6.88. The minimum absolute atomic E-state index is 0.132. The molecule has 0 saturated heterocycles. The molecule has 8 heteroatoms. The number of carbonyl (C=O) groups is 1. The number of nitrogens with zero attached hydrogens (tertiary/aromatic N) is 3. The van der Waals surface area contributed by atoms with Crippen molar-refractivity contribution in [2.24, 2.45) is 5.73 Å². The van der Waals surface area contributed by atoms with E-state index in [-0.39, 0.29) is 12.2 Å². The summed E-state index contributed by atoms with van der Waals surface area (Å²) in [4.78, 5) is 22.9. The van der Waals surface area contributed by atoms with Crippen LogP contribution in [0.2, 0.25) is 0 Å². The Hall–Kier alpha value is -3.70. The van der Waals surface area contributed by atoms with E-state index in [9.17, 15) is 9.90 Å². The van der Waals surface area contributed by atoms with Crippen molar-refractivity contribution in [2.75, 3.05) is 6.61 Å². The number of aliphatic hydroxyl groups is 1. The average Bonchev–Trinajstić information content (AvgIpc) is 3.06. The first kappa shape index (κ1) is 19.1. The highest BCUT2D eigenvalue weighted by Crippen LogP contribution is 2.26. The number of carbonyl (C=O) groups excluding carboxylic acids is 1. The van der Waals surface area contributed by atoms with E-state index in [4.69, 9.17) is 15.7 Å². The average molecular weight is 377 g/mol. The lowest BCUT2D eigenvalue weighted by molar-refractivity contribution is -0.114. The summed E-state index contributed by atoms with van der Waals surface area (Å²) in [7, 11) is 0. The number of primary amides is 1. The van der Waals surface area contributed by atoms with E-state index in [0.717, 1.165) is 16.5 Å². The molecular formula is C20H19N5O3. The van der Waals surface area contributed by atoms with Crippen LogP contribution in [0.5, 0.6) is 5.88 Å². The van der Waals surface area contributed by atoms with Crippen LogP contribution in [0.25, 0.3) is 28.2 Å². The molecule has 0 bridgehead atoms. The fraction of sp³-hybridized carbons (Fsp3) is 0.200. The van der Waals surface area contributed by atoms with Gasteiger partial charge in [0.15, 0.2) is 0 Å². The Labute approximate surface area is 161 Å². The first-order valence-corrected chi connectivity index (χ1v) is 8.47. The molecule has 0 fully saturated rings. The lowest BCUT2D eigenvalue weighted by Gasteiger charge is -2.17. The van der Waals surface area contributed by atoms with Crippen LogP contribution in [0, 0.1) is 11.3 Å². The van der Waals surface area contributed by atoms with Gasteiger partial charge in [-0.2, -0.15) is 5.26 Å². The van der Waals surface area contributed by atoms with Crippen LogP contribution in [0.15, 0.2) is 42.4 Å². The van der Waals surface area contributed by atoms with Crippen LogP contribution < -0.4 is 10.5 Å². The smallest absolute Gasteiger partial charge is 0.259 e. The van der Waals surface area contributed by atoms with Crippen LogP contribution >= 0.6 is 0 Å². The SMILES string of the molecule is CC(C)(O)COc1ccc(-c2cnc3[nH]cc(C=C(C#N)C(N)=O)c3c2)cn1. The van der Waals surface area contributed by atoms with Gasteiger partial charge in [0.2, 0.25) is 5.88 Å². The Morgan fingerprint density at radius 2 is 2.11 bits per heavy atom. The molecule has 0 aliphatic rings. The number of rotatable bonds is 6. The van der Waals surface area contributed by atoms with Gasteiger partial charge in [0.05, 0.1) is 5.60 Å². The third-order valence-electron chi connectivity index (χ3n) is 3.89. The number of amides is 1. The summed E-state index contributed by atoms with van der Waals surface area (Å²) >= 11 is 0. The molecule has 8 nitrogen and oxygen atoms in total. The summed E-state index contributed by atoms with van der Waals surface area (Å²) in [5.41, 5.74) is 7.00. The molecular weight excluding hydrogens is 358 g/mol. The Morgan fingerprint density at radius 1 is 1.36 bits per heavy atom. The second-order valence-corrected chi connectivity index (χ2v) is 6.88. The monoisotopic (exact) mass is 377 g/mol. The molecule has 0 spiro atoms. The molecule has 1 amide bonds. The zero-order valence-electron chi connectivity index (χ0n) is 15.4. The van der Waals surface area contributed by atoms with Gasteiger partial charge in [-0.05, 0) is 32.1 Å². The molecule has 3 aromatic rings. The van der Waals surface area contributed by atoms with Crippen molar-refractivity contribution in [3.8, 4) is 23.1 Å². The number of hydrogen-bond acceptors (Lipinski definition) is 6. The van der Waals surface area contributed by atoms with Gasteiger partial charge in [-0.15, -0.1) is 0 Å². The topological polar surface area (TPSA) is 138 Å². The van der Waals surface area contributed by atoms with Crippen molar-refractivity contribution in [3.05, 3.63) is 47.9 Å². The van der Waals surface area contributed by atoms with E-state index in [0.29, 0.717) is 17.1 Å². The van der Waals surface area contributed by atoms with E-state index in [1.165, 1.54) is 6.08 Å². The number of aromatic amines is 1. The number of aromatic nitrogens is 3. The number of nitrogens with one attached hydrogen (secondary N) is 1. The molecule has 0 aliphatic heterocycles. The molecule has 0 unspecified atom stereocenters. The Kier molecular flexibility index (Phi) is 5.11. The molecule has 0 radical (unpaired) electrons. The standard InChI is InChI=1S/C20H19N5O3/c1-20(2,27)11-28-17-4-3-12(8-23-17)14-6-16-15(5-13(7-21)18(22)26)10-25-19(16)24-9-14/h3-6,8-10,27H,11H2,1-2H3,(H2,22,26)(H,24,25). The van der Waals surface area contributed by atoms with Gasteiger partial charge in [0.25, 0.3) is 5.91 Å². The van der Waals surface area contributed by atoms with E-state index >= 15 is 0 Å². The third kappa shape index (κ3) is 4.34. The molecule has 28 heavy (non-hydrogen) atoms. The van der Waals surface area contributed by atoms with Crippen LogP contribution in [0.3, 0.4) is 0 Å². The van der Waals surface area contributed by atoms with Gasteiger partial charge in [-0.25, -0.2) is 9.97 Å². The van der Waals surface area contributed by atoms with Crippen molar-refractivity contribution in [1.82, 2.24) is 15.0 Å². The predicted molar refractivity (Wildman–Crippen MR) is 104 cm³/mol. The van der Waals surface area contributed by atoms with Gasteiger partial charge in [-0.1, -0.05) is 0 Å². The number of nitriles is 1. The number of hydrogen-bond donors (Lipinski definition) is 3. The van der Waals surface area contributed by atoms with Gasteiger partial charge in [-0.3, -0.25) is 4.79 Å². The predicted octanol–water partition coefficient (Wildman–Crippen LogP) is 2.17. The molecule has 142 valence electrons. The van der Waals surface area contributed by atoms with Crippen molar-refractivity contribution in [2.45, 2.75) is 19.4 Å². The number of fused-ring (bicyclic) bond motifs is 1. The maximum absolute atomic E-state index is 11.3. The van der Waals surface area contributed by atoms with E-state index in [2.05, 4.69) is 15.0 Å². The van der Waals surface area contributed by atoms with E-state index in [1.807, 2.05) is 12.1 Å². The summed E-state index contributed by atoms with van der Waals surface area (Å²) in [5, 5.41) is 19.5. The highest BCUT2D eigenvalue weighted by molar-refractivity contribution is 6.03. The first-order valence-electron chi connectivity index (χ1n) is 8.47. The van der Waals surface area contributed by atoms with Crippen molar-refractivity contribution >= 4 is 23.0 Å². The zero-order chi connectivity index (χ0) is 20.3. The van der Waals surface area contributed by atoms with Crippen molar-refractivity contribution in [3.63, 3.8) is 0 Å². The summed E-state index contributed by atoms with van der Waals surface area (Å²) in [6.07, 6.45) is 6.43. The van der Waals surface area contributed by atoms with E-state index < -0.39 is 11.5 Å². The quantitative estimate of drug-likeness (QED) is 0.444. The largest absolute Gasteiger partial charge is 0.475 e. The second kappa shape index (κ2) is 7.50. The molecule has 3 rings (SSSR count). The number of ether oxygens (including phenoxy) is 1. The lowest BCUT2D eigenvalue weighted by atomic mass is 10.1. The van der Waals surface area contributed by atoms with E-state index in [1.54, 1.807) is 44.6 Å². The summed E-state index contributed by atoms with van der Waals surface area (Å²) in [6, 6.07) is 7.22. The van der Waals surface area contributed by atoms with Gasteiger partial charge < -0.3 is 20.6 Å². The molecule has 0 aliphatic carbocycles. The van der Waals surface area contributed by atoms with Crippen molar-refractivity contribution < 1.29 is 14.6 Å². The molecule has 3 aromatic heterocycles. The minimum atomic E-state index is -0.944. The van der Waals surface area contributed by atoms with Gasteiger partial charge in [0, 0.05) is 46.7 Å². The summed E-state index contributed by atoms with van der Waals surface area (Å²) in [6.45, 7) is 3.44. The number of nitrogens with two attached hydrogens (primary N) is 1. The lowest BCUT2D eigenvalue weighted by Crippen LogP contribution is -2.28. The molecule has 0 atom stereocenters. The molecule has 0 saturated carbocycles. The number of H-pyrrole nitrogens is 1. The fourth-order valence-electron chi connectivity index (χ4n) is 2.50. The van der Waals surface area contributed by atoms with Crippen LogP contribution in [-0.4, -0.2) is 38.2 Å².